The van der Waals surface area contributed by atoms with Gasteiger partial charge in [0, 0.05) is 12.6 Å². The van der Waals surface area contributed by atoms with Gasteiger partial charge in [-0.05, 0) is 64.3 Å². The maximum atomic E-state index is 2.79. The molecule has 0 unspecified atom stereocenters. The Hall–Kier alpha value is -0.860. The fraction of sp³-hybridized carbons (Fsp3) is 0.684. The normalized spacial score (nSPS) is 23.1. The molecule has 0 atom stereocenters. The number of hydrogen-bond donors (Lipinski definition) is 0. The van der Waals surface area contributed by atoms with E-state index in [2.05, 4.69) is 41.0 Å². The number of hydrogen-bond acceptors (Lipinski definition) is 2. The zero-order chi connectivity index (χ0) is 14.5. The summed E-state index contributed by atoms with van der Waals surface area (Å²) in [5.74, 6) is 0. The molecular weight excluding hydrogens is 256 g/mol. The molecule has 0 aromatic heterocycles. The molecule has 2 aliphatic heterocycles. The summed E-state index contributed by atoms with van der Waals surface area (Å²) in [6, 6.07) is 9.84. The van der Waals surface area contributed by atoms with Crippen LogP contribution < -0.4 is 0 Å². The van der Waals surface area contributed by atoms with Crippen LogP contribution in [-0.4, -0.2) is 42.0 Å². The van der Waals surface area contributed by atoms with Gasteiger partial charge >= 0.3 is 0 Å². The summed E-state index contributed by atoms with van der Waals surface area (Å²) in [5, 5.41) is 0. The predicted molar refractivity (Wildman–Crippen MR) is 89.5 cm³/mol. The van der Waals surface area contributed by atoms with Gasteiger partial charge in [0.1, 0.15) is 0 Å². The Morgan fingerprint density at radius 2 is 1.67 bits per heavy atom. The van der Waals surface area contributed by atoms with Crippen molar-refractivity contribution in [3.05, 3.63) is 35.4 Å². The van der Waals surface area contributed by atoms with E-state index in [1.807, 2.05) is 0 Å². The van der Waals surface area contributed by atoms with E-state index in [1.54, 1.807) is 0 Å². The third kappa shape index (κ3) is 4.31. The van der Waals surface area contributed by atoms with Gasteiger partial charge in [0.05, 0.1) is 0 Å². The number of piperidine rings is 1. The van der Waals surface area contributed by atoms with E-state index in [0.717, 1.165) is 12.6 Å². The number of nitrogens with zero attached hydrogens (tertiary/aromatic N) is 2. The molecule has 0 radical (unpaired) electrons. The van der Waals surface area contributed by atoms with Crippen molar-refractivity contribution >= 4 is 0 Å². The number of rotatable bonds is 3. The molecule has 0 bridgehead atoms. The number of aryl methyl sites for hydroxylation is 1. The van der Waals surface area contributed by atoms with E-state index in [9.17, 15) is 0 Å². The molecule has 116 valence electrons. The van der Waals surface area contributed by atoms with Crippen molar-refractivity contribution in [2.24, 2.45) is 0 Å². The van der Waals surface area contributed by atoms with Crippen LogP contribution >= 0.6 is 0 Å². The van der Waals surface area contributed by atoms with Gasteiger partial charge in [-0.1, -0.05) is 42.7 Å². The molecule has 2 fully saturated rings. The Labute approximate surface area is 130 Å². The topological polar surface area (TPSA) is 6.48 Å². The minimum atomic E-state index is 0.858. The molecule has 2 nitrogen and oxygen atoms in total. The SMILES string of the molecule is Cc1cccc(CN2CCC(N3CCCCCC3)CC2)c1. The van der Waals surface area contributed by atoms with Crippen LogP contribution in [0.3, 0.4) is 0 Å². The lowest BCUT2D eigenvalue weighted by Crippen LogP contribution is -2.45. The van der Waals surface area contributed by atoms with Crippen LogP contribution in [-0.2, 0) is 6.54 Å². The lowest BCUT2D eigenvalue weighted by Gasteiger charge is -2.38. The average Bonchev–Trinajstić information content (AvgIpc) is 2.77. The summed E-state index contributed by atoms with van der Waals surface area (Å²) in [4.78, 5) is 5.43. The summed E-state index contributed by atoms with van der Waals surface area (Å²) >= 11 is 0. The van der Waals surface area contributed by atoms with Crippen molar-refractivity contribution in [1.29, 1.82) is 0 Å². The fourth-order valence-corrected chi connectivity index (χ4v) is 3.97. The van der Waals surface area contributed by atoms with Crippen molar-refractivity contribution in [3.8, 4) is 0 Å². The molecule has 2 heterocycles. The zero-order valence-electron chi connectivity index (χ0n) is 13.6. The average molecular weight is 286 g/mol. The first-order valence-corrected chi connectivity index (χ1v) is 8.83. The molecule has 0 spiro atoms. The van der Waals surface area contributed by atoms with Crippen LogP contribution in [0.4, 0.5) is 0 Å². The maximum absolute atomic E-state index is 2.79. The predicted octanol–water partition coefficient (Wildman–Crippen LogP) is 3.84. The van der Waals surface area contributed by atoms with E-state index in [4.69, 9.17) is 0 Å². The lowest BCUT2D eigenvalue weighted by atomic mass is 10.0. The summed E-state index contributed by atoms with van der Waals surface area (Å²) < 4.78 is 0. The quantitative estimate of drug-likeness (QED) is 0.833. The first-order chi connectivity index (χ1) is 10.3. The second-order valence-corrected chi connectivity index (χ2v) is 6.95. The first-order valence-electron chi connectivity index (χ1n) is 8.83. The molecule has 2 aliphatic rings. The van der Waals surface area contributed by atoms with E-state index in [-0.39, 0.29) is 0 Å². The number of likely N-dealkylation sites (tertiary alicyclic amines) is 2. The summed E-state index contributed by atoms with van der Waals surface area (Å²) in [6.45, 7) is 8.57. The Morgan fingerprint density at radius 1 is 0.952 bits per heavy atom. The van der Waals surface area contributed by atoms with E-state index >= 15 is 0 Å². The van der Waals surface area contributed by atoms with Crippen LogP contribution in [0.2, 0.25) is 0 Å². The van der Waals surface area contributed by atoms with Crippen molar-refractivity contribution in [2.45, 2.75) is 58.0 Å². The van der Waals surface area contributed by atoms with Gasteiger partial charge in [0.25, 0.3) is 0 Å². The summed E-state index contributed by atoms with van der Waals surface area (Å²) in [5.41, 5.74) is 2.86. The molecule has 1 aromatic carbocycles. The highest BCUT2D eigenvalue weighted by Crippen LogP contribution is 2.21. The molecule has 0 aliphatic carbocycles. The van der Waals surface area contributed by atoms with Gasteiger partial charge in [0.15, 0.2) is 0 Å². The lowest BCUT2D eigenvalue weighted by molar-refractivity contribution is 0.107. The fourth-order valence-electron chi connectivity index (χ4n) is 3.97. The van der Waals surface area contributed by atoms with Gasteiger partial charge < -0.3 is 4.90 Å². The van der Waals surface area contributed by atoms with Crippen molar-refractivity contribution in [1.82, 2.24) is 9.80 Å². The second-order valence-electron chi connectivity index (χ2n) is 6.95. The largest absolute Gasteiger partial charge is 0.300 e. The van der Waals surface area contributed by atoms with Crippen LogP contribution in [0.15, 0.2) is 24.3 Å². The minimum Gasteiger partial charge on any atom is -0.300 e. The van der Waals surface area contributed by atoms with Crippen LogP contribution in [0.5, 0.6) is 0 Å². The zero-order valence-corrected chi connectivity index (χ0v) is 13.6. The molecule has 2 heteroatoms. The van der Waals surface area contributed by atoms with E-state index < -0.39 is 0 Å². The Kier molecular flexibility index (Phi) is 5.32. The molecule has 0 amide bonds. The van der Waals surface area contributed by atoms with Gasteiger partial charge in [-0.25, -0.2) is 0 Å². The van der Waals surface area contributed by atoms with Gasteiger partial charge in [-0.2, -0.15) is 0 Å². The highest BCUT2D eigenvalue weighted by molar-refractivity contribution is 5.22. The standard InChI is InChI=1S/C19H30N2/c1-17-7-6-8-18(15-17)16-20-13-9-19(10-14-20)21-11-4-2-3-5-12-21/h6-8,15,19H,2-5,9-14,16H2,1H3. The van der Waals surface area contributed by atoms with Crippen molar-refractivity contribution < 1.29 is 0 Å². The molecule has 0 N–H and O–H groups in total. The van der Waals surface area contributed by atoms with Crippen LogP contribution in [0.25, 0.3) is 0 Å². The third-order valence-corrected chi connectivity index (χ3v) is 5.20. The molecule has 2 saturated heterocycles. The van der Waals surface area contributed by atoms with Gasteiger partial charge in [0.2, 0.25) is 0 Å². The molecule has 1 aromatic rings. The molecular formula is C19H30N2. The minimum absolute atomic E-state index is 0.858. The van der Waals surface area contributed by atoms with E-state index in [1.165, 1.54) is 75.8 Å². The Bertz CT molecular complexity index is 427. The third-order valence-electron chi connectivity index (χ3n) is 5.20. The maximum Gasteiger partial charge on any atom is 0.0233 e. The Morgan fingerprint density at radius 3 is 2.33 bits per heavy atom. The van der Waals surface area contributed by atoms with Crippen molar-refractivity contribution in [3.63, 3.8) is 0 Å². The van der Waals surface area contributed by atoms with Crippen LogP contribution in [0.1, 0.15) is 49.7 Å². The van der Waals surface area contributed by atoms with Crippen LogP contribution in [0, 0.1) is 6.92 Å². The van der Waals surface area contributed by atoms with E-state index in [0.29, 0.717) is 0 Å². The Balaban J connectivity index is 1.48. The van der Waals surface area contributed by atoms with Gasteiger partial charge in [-0.15, -0.1) is 0 Å². The number of benzene rings is 1. The van der Waals surface area contributed by atoms with Gasteiger partial charge in [-0.3, -0.25) is 4.90 Å². The highest BCUT2D eigenvalue weighted by Gasteiger charge is 2.24. The summed E-state index contributed by atoms with van der Waals surface area (Å²) in [7, 11) is 0. The second kappa shape index (κ2) is 7.42. The summed E-state index contributed by atoms with van der Waals surface area (Å²) in [6.07, 6.45) is 8.47. The molecule has 0 saturated carbocycles. The highest BCUT2D eigenvalue weighted by atomic mass is 15.2. The van der Waals surface area contributed by atoms with Crippen molar-refractivity contribution in [2.75, 3.05) is 26.2 Å². The monoisotopic (exact) mass is 286 g/mol. The molecule has 3 rings (SSSR count). The first kappa shape index (κ1) is 15.1. The smallest absolute Gasteiger partial charge is 0.0233 e. The molecule has 21 heavy (non-hydrogen) atoms.